The van der Waals surface area contributed by atoms with Gasteiger partial charge in [-0.05, 0) is 41.1 Å². The second-order valence-corrected chi connectivity index (χ2v) is 6.83. The molecule has 0 spiro atoms. The maximum absolute atomic E-state index is 12.7. The summed E-state index contributed by atoms with van der Waals surface area (Å²) in [4.78, 5) is 30.0. The molecule has 130 valence electrons. The van der Waals surface area contributed by atoms with Gasteiger partial charge in [-0.1, -0.05) is 26.0 Å². The molecule has 1 aromatic carbocycles. The molecule has 3 rings (SSSR count). The summed E-state index contributed by atoms with van der Waals surface area (Å²) in [6.07, 6.45) is 3.63. The molecule has 2 aromatic heterocycles. The van der Waals surface area contributed by atoms with Crippen molar-refractivity contribution in [3.8, 4) is 0 Å². The van der Waals surface area contributed by atoms with Gasteiger partial charge in [0.15, 0.2) is 0 Å². The average Bonchev–Trinajstić information content (AvgIpc) is 3.03. The van der Waals surface area contributed by atoms with E-state index in [1.165, 1.54) is 0 Å². The van der Waals surface area contributed by atoms with Gasteiger partial charge in [-0.3, -0.25) is 9.59 Å². The van der Waals surface area contributed by atoms with Gasteiger partial charge in [0.25, 0.3) is 11.5 Å². The van der Waals surface area contributed by atoms with E-state index in [1.807, 2.05) is 44.3 Å². The fourth-order valence-electron chi connectivity index (χ4n) is 2.98. The number of pyridine rings is 1. The van der Waals surface area contributed by atoms with Crippen molar-refractivity contribution in [1.82, 2.24) is 14.5 Å². The Morgan fingerprint density at radius 1 is 1.24 bits per heavy atom. The van der Waals surface area contributed by atoms with Crippen molar-refractivity contribution in [2.45, 2.75) is 26.9 Å². The van der Waals surface area contributed by atoms with E-state index < -0.39 is 0 Å². The van der Waals surface area contributed by atoms with Crippen LogP contribution in [0.25, 0.3) is 10.9 Å². The summed E-state index contributed by atoms with van der Waals surface area (Å²) < 4.78 is 1.61. The predicted molar refractivity (Wildman–Crippen MR) is 99.6 cm³/mol. The second-order valence-electron chi connectivity index (χ2n) is 6.83. The quantitative estimate of drug-likeness (QED) is 0.777. The summed E-state index contributed by atoms with van der Waals surface area (Å²) in [5, 5.41) is 1.14. The van der Waals surface area contributed by atoms with E-state index in [-0.39, 0.29) is 17.0 Å². The van der Waals surface area contributed by atoms with E-state index in [0.717, 1.165) is 16.5 Å². The van der Waals surface area contributed by atoms with Crippen molar-refractivity contribution in [3.05, 3.63) is 70.3 Å². The summed E-state index contributed by atoms with van der Waals surface area (Å²) in [5.41, 5.74) is 2.04. The van der Waals surface area contributed by atoms with Gasteiger partial charge in [-0.25, -0.2) is 0 Å². The van der Waals surface area contributed by atoms with Gasteiger partial charge < -0.3 is 14.5 Å². The van der Waals surface area contributed by atoms with Crippen LogP contribution in [-0.2, 0) is 13.1 Å². The third-order valence-corrected chi connectivity index (χ3v) is 4.20. The maximum Gasteiger partial charge on any atom is 0.263 e. The van der Waals surface area contributed by atoms with Crippen LogP contribution in [0, 0.1) is 5.92 Å². The minimum Gasteiger partial charge on any atom is -0.361 e. The fraction of sp³-hybridized carbons (Fsp3) is 0.300. The zero-order chi connectivity index (χ0) is 18.0. The Bertz CT molecular complexity index is 953. The molecule has 2 heterocycles. The van der Waals surface area contributed by atoms with E-state index in [4.69, 9.17) is 0 Å². The van der Waals surface area contributed by atoms with Crippen molar-refractivity contribution in [2.24, 2.45) is 5.92 Å². The van der Waals surface area contributed by atoms with Crippen molar-refractivity contribution >= 4 is 16.8 Å². The van der Waals surface area contributed by atoms with Crippen LogP contribution in [0.15, 0.2) is 53.6 Å². The minimum atomic E-state index is -0.255. The van der Waals surface area contributed by atoms with Gasteiger partial charge in [0.05, 0.1) is 0 Å². The molecule has 0 aliphatic heterocycles. The number of aromatic nitrogens is 2. The summed E-state index contributed by atoms with van der Waals surface area (Å²) in [6.45, 7) is 5.15. The molecule has 0 fully saturated rings. The van der Waals surface area contributed by atoms with E-state index in [1.54, 1.807) is 34.8 Å². The number of amides is 1. The summed E-state index contributed by atoms with van der Waals surface area (Å²) in [5.74, 6) is 0.0861. The van der Waals surface area contributed by atoms with E-state index in [2.05, 4.69) is 4.98 Å². The molecule has 3 aromatic rings. The molecule has 0 atom stereocenters. The number of carbonyl (C=O) groups excluding carboxylic acids is 1. The first-order valence-corrected chi connectivity index (χ1v) is 8.46. The first kappa shape index (κ1) is 17.0. The van der Waals surface area contributed by atoms with Crippen LogP contribution in [0.4, 0.5) is 0 Å². The zero-order valence-electron chi connectivity index (χ0n) is 14.8. The summed E-state index contributed by atoms with van der Waals surface area (Å²) in [7, 11) is 1.72. The molecule has 0 saturated heterocycles. The third kappa shape index (κ3) is 3.65. The number of carbonyl (C=O) groups is 1. The lowest BCUT2D eigenvalue weighted by Gasteiger charge is -2.18. The maximum atomic E-state index is 12.7. The second kappa shape index (κ2) is 6.97. The van der Waals surface area contributed by atoms with Crippen LogP contribution in [0.1, 0.15) is 29.8 Å². The van der Waals surface area contributed by atoms with Crippen LogP contribution in [0.5, 0.6) is 0 Å². The average molecular weight is 337 g/mol. The normalized spacial score (nSPS) is 11.2. The molecule has 0 aliphatic rings. The highest BCUT2D eigenvalue weighted by molar-refractivity contribution is 5.93. The van der Waals surface area contributed by atoms with Crippen LogP contribution >= 0.6 is 0 Å². The molecule has 5 nitrogen and oxygen atoms in total. The Balaban J connectivity index is 1.81. The molecule has 0 radical (unpaired) electrons. The standard InChI is InChI=1S/C20H23N3O2/c1-14(2)12-23-10-4-5-17(20(23)25)19(24)22(3)13-15-6-7-16-8-9-21-18(16)11-15/h4-11,14,21H,12-13H2,1-3H3. The van der Waals surface area contributed by atoms with Gasteiger partial charge in [0.1, 0.15) is 5.56 Å². The number of fused-ring (bicyclic) bond motifs is 1. The number of nitrogens with one attached hydrogen (secondary N) is 1. The number of hydrogen-bond acceptors (Lipinski definition) is 2. The Morgan fingerprint density at radius 2 is 2.04 bits per heavy atom. The highest BCUT2D eigenvalue weighted by Gasteiger charge is 2.17. The van der Waals surface area contributed by atoms with Gasteiger partial charge in [0.2, 0.25) is 0 Å². The molecule has 0 unspecified atom stereocenters. The van der Waals surface area contributed by atoms with Crippen LogP contribution in [0.3, 0.4) is 0 Å². The van der Waals surface area contributed by atoms with Gasteiger partial charge in [-0.15, -0.1) is 0 Å². The largest absolute Gasteiger partial charge is 0.361 e. The van der Waals surface area contributed by atoms with Crippen molar-refractivity contribution in [2.75, 3.05) is 7.05 Å². The lowest BCUT2D eigenvalue weighted by Crippen LogP contribution is -2.34. The number of benzene rings is 1. The number of nitrogens with zero attached hydrogens (tertiary/aromatic N) is 2. The Kier molecular flexibility index (Phi) is 4.74. The fourth-order valence-corrected chi connectivity index (χ4v) is 2.98. The van der Waals surface area contributed by atoms with Gasteiger partial charge >= 0.3 is 0 Å². The summed E-state index contributed by atoms with van der Waals surface area (Å²) >= 11 is 0. The molecule has 25 heavy (non-hydrogen) atoms. The monoisotopic (exact) mass is 337 g/mol. The Hall–Kier alpha value is -2.82. The first-order chi connectivity index (χ1) is 12.0. The number of hydrogen-bond donors (Lipinski definition) is 1. The van der Waals surface area contributed by atoms with Crippen LogP contribution in [-0.4, -0.2) is 27.4 Å². The summed E-state index contributed by atoms with van der Waals surface area (Å²) in [6, 6.07) is 11.4. The van der Waals surface area contributed by atoms with Crippen molar-refractivity contribution in [3.63, 3.8) is 0 Å². The molecule has 0 bridgehead atoms. The van der Waals surface area contributed by atoms with Crippen molar-refractivity contribution in [1.29, 1.82) is 0 Å². The third-order valence-electron chi connectivity index (χ3n) is 4.20. The van der Waals surface area contributed by atoms with E-state index >= 15 is 0 Å². The van der Waals surface area contributed by atoms with E-state index in [0.29, 0.717) is 19.0 Å². The molecular weight excluding hydrogens is 314 g/mol. The molecule has 0 aliphatic carbocycles. The highest BCUT2D eigenvalue weighted by atomic mass is 16.2. The topological polar surface area (TPSA) is 58.1 Å². The van der Waals surface area contributed by atoms with E-state index in [9.17, 15) is 9.59 Å². The minimum absolute atomic E-state index is 0.214. The molecule has 1 N–H and O–H groups in total. The smallest absolute Gasteiger partial charge is 0.263 e. The first-order valence-electron chi connectivity index (χ1n) is 8.46. The van der Waals surface area contributed by atoms with Crippen LogP contribution < -0.4 is 5.56 Å². The number of H-pyrrole nitrogens is 1. The number of rotatable bonds is 5. The zero-order valence-corrected chi connectivity index (χ0v) is 14.8. The predicted octanol–water partition coefficient (Wildman–Crippen LogP) is 3.26. The Morgan fingerprint density at radius 3 is 2.80 bits per heavy atom. The highest BCUT2D eigenvalue weighted by Crippen LogP contribution is 2.15. The van der Waals surface area contributed by atoms with Crippen LogP contribution in [0.2, 0.25) is 0 Å². The lowest BCUT2D eigenvalue weighted by atomic mass is 10.1. The SMILES string of the molecule is CC(C)Cn1cccc(C(=O)N(C)Cc2ccc3cc[nH]c3c2)c1=O. The molecule has 0 saturated carbocycles. The molecular formula is C20H23N3O2. The Labute approximate surface area is 146 Å². The molecule has 1 amide bonds. The van der Waals surface area contributed by atoms with Crippen molar-refractivity contribution < 1.29 is 4.79 Å². The molecule has 5 heteroatoms. The lowest BCUT2D eigenvalue weighted by molar-refractivity contribution is 0.0782. The van der Waals surface area contributed by atoms with Gasteiger partial charge in [0, 0.05) is 38.0 Å². The number of aromatic amines is 1. The van der Waals surface area contributed by atoms with Gasteiger partial charge in [-0.2, -0.15) is 0 Å².